The van der Waals surface area contributed by atoms with E-state index in [4.69, 9.17) is 16.3 Å². The number of hydrogen-bond acceptors (Lipinski definition) is 3. The summed E-state index contributed by atoms with van der Waals surface area (Å²) in [7, 11) is 0. The zero-order chi connectivity index (χ0) is 21.4. The van der Waals surface area contributed by atoms with Gasteiger partial charge in [0.05, 0.1) is 0 Å². The lowest BCUT2D eigenvalue weighted by Gasteiger charge is -2.31. The van der Waals surface area contributed by atoms with Crippen LogP contribution in [0.15, 0.2) is 48.5 Å². The topological polar surface area (TPSA) is 58.6 Å². The standard InChI is InChI=1S/C23H29ClN2O3/c1-5-21(23(28)25-16(2)3)26(14-18-10-7-6-9-17(18)4)22(27)15-29-20-12-8-11-19(24)13-20/h6-13,16,21H,5,14-15H2,1-4H3,(H,25,28)/t21-/m0/s1. The summed E-state index contributed by atoms with van der Waals surface area (Å²) in [5.74, 6) is 0.104. The molecule has 0 unspecified atom stereocenters. The van der Waals surface area contributed by atoms with Crippen LogP contribution in [0.4, 0.5) is 0 Å². The second kappa shape index (κ2) is 10.9. The molecule has 0 aliphatic rings. The number of carbonyl (C=O) groups is 2. The van der Waals surface area contributed by atoms with Crippen LogP contribution in [0.2, 0.25) is 5.02 Å². The zero-order valence-corrected chi connectivity index (χ0v) is 18.2. The van der Waals surface area contributed by atoms with E-state index in [1.807, 2.05) is 52.0 Å². The molecule has 0 bridgehead atoms. The number of ether oxygens (including phenoxy) is 1. The molecule has 0 spiro atoms. The van der Waals surface area contributed by atoms with Gasteiger partial charge in [0.2, 0.25) is 5.91 Å². The number of carbonyl (C=O) groups excluding carboxylic acids is 2. The quantitative estimate of drug-likeness (QED) is 0.660. The molecule has 1 N–H and O–H groups in total. The van der Waals surface area contributed by atoms with E-state index in [2.05, 4.69) is 5.32 Å². The van der Waals surface area contributed by atoms with Gasteiger partial charge in [0, 0.05) is 17.6 Å². The van der Waals surface area contributed by atoms with Crippen molar-refractivity contribution in [2.24, 2.45) is 0 Å². The predicted molar refractivity (Wildman–Crippen MR) is 116 cm³/mol. The number of benzene rings is 2. The number of rotatable bonds is 9. The lowest BCUT2D eigenvalue weighted by atomic mass is 10.1. The van der Waals surface area contributed by atoms with E-state index >= 15 is 0 Å². The molecule has 6 heteroatoms. The van der Waals surface area contributed by atoms with Crippen LogP contribution < -0.4 is 10.1 Å². The van der Waals surface area contributed by atoms with E-state index in [0.717, 1.165) is 11.1 Å². The Morgan fingerprint density at radius 2 is 1.86 bits per heavy atom. The molecular weight excluding hydrogens is 388 g/mol. The highest BCUT2D eigenvalue weighted by molar-refractivity contribution is 6.30. The van der Waals surface area contributed by atoms with Gasteiger partial charge in [-0.1, -0.05) is 48.9 Å². The first kappa shape index (κ1) is 22.8. The van der Waals surface area contributed by atoms with Crippen LogP contribution in [-0.2, 0) is 16.1 Å². The first-order valence-corrected chi connectivity index (χ1v) is 10.2. The summed E-state index contributed by atoms with van der Waals surface area (Å²) in [4.78, 5) is 27.5. The van der Waals surface area contributed by atoms with Crippen molar-refractivity contribution in [3.8, 4) is 5.75 Å². The Labute approximate surface area is 178 Å². The van der Waals surface area contributed by atoms with Crippen LogP contribution in [0.25, 0.3) is 0 Å². The average molecular weight is 417 g/mol. The van der Waals surface area contributed by atoms with Crippen LogP contribution in [-0.4, -0.2) is 35.4 Å². The fourth-order valence-corrected chi connectivity index (χ4v) is 3.24. The maximum Gasteiger partial charge on any atom is 0.261 e. The number of halogens is 1. The molecule has 0 aliphatic carbocycles. The molecule has 29 heavy (non-hydrogen) atoms. The van der Waals surface area contributed by atoms with Gasteiger partial charge in [-0.05, 0) is 56.5 Å². The Kier molecular flexibility index (Phi) is 8.52. The molecule has 0 fully saturated rings. The number of nitrogens with zero attached hydrogens (tertiary/aromatic N) is 1. The van der Waals surface area contributed by atoms with Crippen molar-refractivity contribution in [1.29, 1.82) is 0 Å². The van der Waals surface area contributed by atoms with Gasteiger partial charge in [-0.15, -0.1) is 0 Å². The summed E-state index contributed by atoms with van der Waals surface area (Å²) in [5, 5.41) is 3.46. The molecule has 2 aromatic rings. The molecule has 0 saturated carbocycles. The minimum atomic E-state index is -0.576. The van der Waals surface area contributed by atoms with E-state index in [1.54, 1.807) is 29.2 Å². The summed E-state index contributed by atoms with van der Waals surface area (Å²) in [5.41, 5.74) is 2.07. The third-order valence-corrected chi connectivity index (χ3v) is 4.81. The molecule has 5 nitrogen and oxygen atoms in total. The Morgan fingerprint density at radius 3 is 2.48 bits per heavy atom. The normalized spacial score (nSPS) is 11.8. The van der Waals surface area contributed by atoms with E-state index < -0.39 is 6.04 Å². The van der Waals surface area contributed by atoms with Crippen molar-refractivity contribution >= 4 is 23.4 Å². The van der Waals surface area contributed by atoms with E-state index in [1.165, 1.54) is 0 Å². The van der Waals surface area contributed by atoms with Gasteiger partial charge in [-0.25, -0.2) is 0 Å². The first-order chi connectivity index (χ1) is 13.8. The van der Waals surface area contributed by atoms with E-state index in [9.17, 15) is 9.59 Å². The predicted octanol–water partition coefficient (Wildman–Crippen LogP) is 4.36. The molecule has 0 aromatic heterocycles. The third kappa shape index (κ3) is 6.79. The van der Waals surface area contributed by atoms with Crippen molar-refractivity contribution in [3.63, 3.8) is 0 Å². The maximum atomic E-state index is 13.1. The Balaban J connectivity index is 2.23. The van der Waals surface area contributed by atoms with E-state index in [0.29, 0.717) is 23.7 Å². The zero-order valence-electron chi connectivity index (χ0n) is 17.4. The summed E-state index contributed by atoms with van der Waals surface area (Å²) in [6.45, 7) is 7.88. The minimum absolute atomic E-state index is 0.00493. The Bertz CT molecular complexity index is 838. The van der Waals surface area contributed by atoms with Crippen LogP contribution >= 0.6 is 11.6 Å². The number of aryl methyl sites for hydroxylation is 1. The fourth-order valence-electron chi connectivity index (χ4n) is 3.06. The molecule has 2 rings (SSSR count). The first-order valence-electron chi connectivity index (χ1n) is 9.84. The van der Waals surface area contributed by atoms with Crippen LogP contribution in [0.1, 0.15) is 38.3 Å². The SMILES string of the molecule is CC[C@@H](C(=O)NC(C)C)N(Cc1ccccc1C)C(=O)COc1cccc(Cl)c1. The molecule has 0 radical (unpaired) electrons. The Morgan fingerprint density at radius 1 is 1.14 bits per heavy atom. The van der Waals surface area contributed by atoms with Gasteiger partial charge in [0.25, 0.3) is 5.91 Å². The van der Waals surface area contributed by atoms with Crippen molar-refractivity contribution in [2.75, 3.05) is 6.61 Å². The smallest absolute Gasteiger partial charge is 0.261 e. The molecular formula is C23H29ClN2O3. The molecule has 0 aliphatic heterocycles. The monoisotopic (exact) mass is 416 g/mol. The third-order valence-electron chi connectivity index (χ3n) is 4.58. The van der Waals surface area contributed by atoms with Crippen molar-refractivity contribution in [1.82, 2.24) is 10.2 Å². The number of nitrogens with one attached hydrogen (secondary N) is 1. The fraction of sp³-hybridized carbons (Fsp3) is 0.391. The molecule has 2 aromatic carbocycles. The lowest BCUT2D eigenvalue weighted by molar-refractivity contribution is -0.143. The molecule has 0 saturated heterocycles. The minimum Gasteiger partial charge on any atom is -0.484 e. The average Bonchev–Trinajstić information content (AvgIpc) is 2.67. The maximum absolute atomic E-state index is 13.1. The molecule has 0 heterocycles. The molecule has 156 valence electrons. The Hall–Kier alpha value is -2.53. The summed E-state index contributed by atoms with van der Waals surface area (Å²) < 4.78 is 5.65. The molecule has 2 amide bonds. The van der Waals surface area contributed by atoms with Crippen molar-refractivity contribution in [3.05, 3.63) is 64.7 Å². The van der Waals surface area contributed by atoms with Gasteiger partial charge in [-0.3, -0.25) is 9.59 Å². The highest BCUT2D eigenvalue weighted by Crippen LogP contribution is 2.19. The summed E-state index contributed by atoms with van der Waals surface area (Å²) in [6.07, 6.45) is 0.507. The van der Waals surface area contributed by atoms with Crippen molar-refractivity contribution in [2.45, 2.75) is 52.7 Å². The van der Waals surface area contributed by atoms with Crippen LogP contribution in [0.3, 0.4) is 0 Å². The summed E-state index contributed by atoms with van der Waals surface area (Å²) >= 11 is 5.98. The van der Waals surface area contributed by atoms with Gasteiger partial charge >= 0.3 is 0 Å². The highest BCUT2D eigenvalue weighted by Gasteiger charge is 2.29. The number of amides is 2. The van der Waals surface area contributed by atoms with E-state index in [-0.39, 0.29) is 24.5 Å². The van der Waals surface area contributed by atoms with Crippen LogP contribution in [0, 0.1) is 6.92 Å². The van der Waals surface area contributed by atoms with Gasteiger partial charge in [0.1, 0.15) is 11.8 Å². The molecule has 1 atom stereocenters. The van der Waals surface area contributed by atoms with Gasteiger partial charge in [0.15, 0.2) is 6.61 Å². The lowest BCUT2D eigenvalue weighted by Crippen LogP contribution is -2.51. The second-order valence-electron chi connectivity index (χ2n) is 7.28. The summed E-state index contributed by atoms with van der Waals surface area (Å²) in [6, 6.07) is 14.2. The largest absolute Gasteiger partial charge is 0.484 e. The van der Waals surface area contributed by atoms with Crippen LogP contribution in [0.5, 0.6) is 5.75 Å². The van der Waals surface area contributed by atoms with Gasteiger partial charge in [-0.2, -0.15) is 0 Å². The second-order valence-corrected chi connectivity index (χ2v) is 7.72. The van der Waals surface area contributed by atoms with Crippen molar-refractivity contribution < 1.29 is 14.3 Å². The highest BCUT2D eigenvalue weighted by atomic mass is 35.5. The van der Waals surface area contributed by atoms with Gasteiger partial charge < -0.3 is 15.0 Å². The number of hydrogen-bond donors (Lipinski definition) is 1.